The number of hydrogen-bond acceptors (Lipinski definition) is 3. The van der Waals surface area contributed by atoms with E-state index in [2.05, 4.69) is 36.2 Å². The van der Waals surface area contributed by atoms with Crippen LogP contribution in [0.15, 0.2) is 30.3 Å². The Hall–Kier alpha value is -1.39. The summed E-state index contributed by atoms with van der Waals surface area (Å²) >= 11 is 0. The second-order valence-corrected chi connectivity index (χ2v) is 4.83. The molecular weight excluding hydrogens is 240 g/mol. The number of carbonyl (C=O) groups excluding carboxylic acids is 1. The van der Waals surface area contributed by atoms with Gasteiger partial charge in [0.2, 0.25) is 5.91 Å². The normalized spacial score (nSPS) is 11.0. The summed E-state index contributed by atoms with van der Waals surface area (Å²) in [5.41, 5.74) is 1.22. The Kier molecular flexibility index (Phi) is 7.15. The van der Waals surface area contributed by atoms with Crippen molar-refractivity contribution in [3.63, 3.8) is 0 Å². The van der Waals surface area contributed by atoms with E-state index < -0.39 is 0 Å². The van der Waals surface area contributed by atoms with E-state index in [1.165, 1.54) is 5.56 Å². The zero-order valence-electron chi connectivity index (χ0n) is 12.1. The molecule has 4 heteroatoms. The molecule has 0 fully saturated rings. The van der Waals surface area contributed by atoms with E-state index in [0.29, 0.717) is 25.7 Å². The summed E-state index contributed by atoms with van der Waals surface area (Å²) < 4.78 is 4.91. The smallest absolute Gasteiger partial charge is 0.234 e. The number of nitrogens with zero attached hydrogens (tertiary/aromatic N) is 1. The van der Waals surface area contributed by atoms with Crippen LogP contribution in [0.1, 0.15) is 19.4 Å². The van der Waals surface area contributed by atoms with Crippen molar-refractivity contribution in [2.45, 2.75) is 26.4 Å². The number of amides is 1. The third-order valence-corrected chi connectivity index (χ3v) is 2.93. The molecule has 0 radical (unpaired) electrons. The van der Waals surface area contributed by atoms with Gasteiger partial charge in [0.15, 0.2) is 0 Å². The van der Waals surface area contributed by atoms with E-state index in [9.17, 15) is 4.79 Å². The fourth-order valence-corrected chi connectivity index (χ4v) is 1.77. The molecule has 106 valence electrons. The second kappa shape index (κ2) is 8.67. The number of rotatable bonds is 8. The summed E-state index contributed by atoms with van der Waals surface area (Å²) in [6.07, 6.45) is 0. The van der Waals surface area contributed by atoms with Gasteiger partial charge in [0.25, 0.3) is 0 Å². The van der Waals surface area contributed by atoms with Gasteiger partial charge in [-0.25, -0.2) is 0 Å². The van der Waals surface area contributed by atoms with E-state index >= 15 is 0 Å². The summed E-state index contributed by atoms with van der Waals surface area (Å²) in [6, 6.07) is 10.5. The lowest BCUT2D eigenvalue weighted by molar-refractivity contribution is -0.123. The van der Waals surface area contributed by atoms with Crippen LogP contribution in [0.5, 0.6) is 0 Å². The third kappa shape index (κ3) is 6.36. The van der Waals surface area contributed by atoms with Crippen LogP contribution in [-0.2, 0) is 16.1 Å². The Morgan fingerprint density at radius 1 is 1.32 bits per heavy atom. The maximum Gasteiger partial charge on any atom is 0.234 e. The fourth-order valence-electron chi connectivity index (χ4n) is 1.77. The van der Waals surface area contributed by atoms with Gasteiger partial charge >= 0.3 is 0 Å². The van der Waals surface area contributed by atoms with Crippen LogP contribution in [0.2, 0.25) is 0 Å². The zero-order chi connectivity index (χ0) is 14.1. The minimum atomic E-state index is 0.0432. The fraction of sp³-hybridized carbons (Fsp3) is 0.533. The quantitative estimate of drug-likeness (QED) is 0.726. The van der Waals surface area contributed by atoms with E-state index in [4.69, 9.17) is 4.74 Å². The molecule has 0 unspecified atom stereocenters. The van der Waals surface area contributed by atoms with Gasteiger partial charge in [0, 0.05) is 26.2 Å². The summed E-state index contributed by atoms with van der Waals surface area (Å²) in [5.74, 6) is 0.0432. The number of methoxy groups -OCH3 is 1. The van der Waals surface area contributed by atoms with Crippen molar-refractivity contribution in [2.75, 3.05) is 26.8 Å². The number of nitrogens with one attached hydrogen (secondary N) is 1. The molecule has 0 aliphatic carbocycles. The largest absolute Gasteiger partial charge is 0.383 e. The van der Waals surface area contributed by atoms with Gasteiger partial charge in [-0.3, -0.25) is 9.69 Å². The molecule has 1 aromatic carbocycles. The van der Waals surface area contributed by atoms with Crippen LogP contribution in [0.4, 0.5) is 0 Å². The monoisotopic (exact) mass is 264 g/mol. The molecule has 0 heterocycles. The Morgan fingerprint density at radius 3 is 2.58 bits per heavy atom. The average molecular weight is 264 g/mol. The van der Waals surface area contributed by atoms with E-state index in [1.807, 2.05) is 18.2 Å². The predicted molar refractivity (Wildman–Crippen MR) is 76.9 cm³/mol. The zero-order valence-corrected chi connectivity index (χ0v) is 12.1. The summed E-state index contributed by atoms with van der Waals surface area (Å²) in [6.45, 7) is 6.52. The molecule has 0 aromatic heterocycles. The molecule has 19 heavy (non-hydrogen) atoms. The van der Waals surface area contributed by atoms with E-state index in [0.717, 1.165) is 6.54 Å². The van der Waals surface area contributed by atoms with Gasteiger partial charge in [-0.2, -0.15) is 0 Å². The second-order valence-electron chi connectivity index (χ2n) is 4.83. The van der Waals surface area contributed by atoms with Crippen LogP contribution >= 0.6 is 0 Å². The van der Waals surface area contributed by atoms with Crippen LogP contribution < -0.4 is 5.32 Å². The standard InChI is InChI=1S/C15H24N2O2/c1-13(2)17(11-14-7-5-4-6-8-14)12-15(18)16-9-10-19-3/h4-8,13H,9-12H2,1-3H3,(H,16,18). The van der Waals surface area contributed by atoms with Crippen molar-refractivity contribution in [2.24, 2.45) is 0 Å². The Morgan fingerprint density at radius 2 is 2.00 bits per heavy atom. The lowest BCUT2D eigenvalue weighted by atomic mass is 10.2. The molecule has 1 rings (SSSR count). The highest BCUT2D eigenvalue weighted by atomic mass is 16.5. The lowest BCUT2D eigenvalue weighted by Crippen LogP contribution is -2.41. The molecule has 1 amide bonds. The SMILES string of the molecule is COCCNC(=O)CN(Cc1ccccc1)C(C)C. The molecule has 1 aromatic rings. The van der Waals surface area contributed by atoms with Crippen LogP contribution in [0.25, 0.3) is 0 Å². The molecule has 1 N–H and O–H groups in total. The first-order chi connectivity index (χ1) is 9.13. The molecule has 0 saturated heterocycles. The van der Waals surface area contributed by atoms with Crippen molar-refractivity contribution < 1.29 is 9.53 Å². The van der Waals surface area contributed by atoms with Crippen LogP contribution in [0, 0.1) is 0 Å². The van der Waals surface area contributed by atoms with E-state index in [1.54, 1.807) is 7.11 Å². The molecule has 4 nitrogen and oxygen atoms in total. The minimum absolute atomic E-state index is 0.0432. The van der Waals surface area contributed by atoms with Crippen molar-refractivity contribution >= 4 is 5.91 Å². The number of carbonyl (C=O) groups is 1. The van der Waals surface area contributed by atoms with Gasteiger partial charge in [0.1, 0.15) is 0 Å². The Bertz CT molecular complexity index is 366. The topological polar surface area (TPSA) is 41.6 Å². The van der Waals surface area contributed by atoms with Gasteiger partial charge in [-0.1, -0.05) is 30.3 Å². The van der Waals surface area contributed by atoms with Crippen molar-refractivity contribution in [3.8, 4) is 0 Å². The molecule has 0 aliphatic rings. The van der Waals surface area contributed by atoms with Crippen molar-refractivity contribution in [3.05, 3.63) is 35.9 Å². The molecular formula is C15H24N2O2. The maximum absolute atomic E-state index is 11.8. The number of hydrogen-bond donors (Lipinski definition) is 1. The van der Waals surface area contributed by atoms with Crippen LogP contribution in [-0.4, -0.2) is 43.7 Å². The molecule has 0 aliphatic heterocycles. The first-order valence-electron chi connectivity index (χ1n) is 6.67. The van der Waals surface area contributed by atoms with Gasteiger partial charge in [0.05, 0.1) is 13.2 Å². The van der Waals surface area contributed by atoms with Crippen LogP contribution in [0.3, 0.4) is 0 Å². The maximum atomic E-state index is 11.8. The Balaban J connectivity index is 2.47. The lowest BCUT2D eigenvalue weighted by Gasteiger charge is -2.25. The number of ether oxygens (including phenoxy) is 1. The third-order valence-electron chi connectivity index (χ3n) is 2.93. The highest BCUT2D eigenvalue weighted by molar-refractivity contribution is 5.78. The minimum Gasteiger partial charge on any atom is -0.383 e. The number of benzene rings is 1. The Labute approximate surface area is 115 Å². The molecule has 0 spiro atoms. The molecule has 0 saturated carbocycles. The first kappa shape index (κ1) is 15.7. The summed E-state index contributed by atoms with van der Waals surface area (Å²) in [7, 11) is 1.63. The average Bonchev–Trinajstić information content (AvgIpc) is 2.39. The highest BCUT2D eigenvalue weighted by Gasteiger charge is 2.14. The summed E-state index contributed by atoms with van der Waals surface area (Å²) in [5, 5.41) is 2.85. The molecule has 0 atom stereocenters. The van der Waals surface area contributed by atoms with Gasteiger partial charge in [-0.05, 0) is 19.4 Å². The van der Waals surface area contributed by atoms with Crippen molar-refractivity contribution in [1.29, 1.82) is 0 Å². The van der Waals surface area contributed by atoms with Crippen molar-refractivity contribution in [1.82, 2.24) is 10.2 Å². The van der Waals surface area contributed by atoms with E-state index in [-0.39, 0.29) is 5.91 Å². The first-order valence-corrected chi connectivity index (χ1v) is 6.67. The highest BCUT2D eigenvalue weighted by Crippen LogP contribution is 2.07. The van der Waals surface area contributed by atoms with Gasteiger partial charge in [-0.15, -0.1) is 0 Å². The summed E-state index contributed by atoms with van der Waals surface area (Å²) in [4.78, 5) is 14.0. The predicted octanol–water partition coefficient (Wildman–Crippen LogP) is 1.66. The van der Waals surface area contributed by atoms with Gasteiger partial charge < -0.3 is 10.1 Å². The molecule has 0 bridgehead atoms.